The summed E-state index contributed by atoms with van der Waals surface area (Å²) in [5.41, 5.74) is 1.10. The zero-order chi connectivity index (χ0) is 18.8. The van der Waals surface area contributed by atoms with Gasteiger partial charge in [-0.15, -0.1) is 24.0 Å². The lowest BCUT2D eigenvalue weighted by Gasteiger charge is -2.12. The molecule has 6 nitrogen and oxygen atoms in total. The molecule has 2 aromatic carbocycles. The monoisotopic (exact) mass is 522 g/mol. The van der Waals surface area contributed by atoms with Crippen molar-refractivity contribution in [3.05, 3.63) is 65.2 Å². The molecule has 9 heteroatoms. The fourth-order valence-corrected chi connectivity index (χ4v) is 3.51. The van der Waals surface area contributed by atoms with E-state index in [-0.39, 0.29) is 35.4 Å². The second kappa shape index (κ2) is 12.2. The Hall–Kier alpha value is -1.36. The van der Waals surface area contributed by atoms with Gasteiger partial charge in [0, 0.05) is 24.7 Å². The Balaban J connectivity index is 0.00000364. The summed E-state index contributed by atoms with van der Waals surface area (Å²) in [5.74, 6) is 0.637. The van der Waals surface area contributed by atoms with Gasteiger partial charge in [-0.25, -0.2) is 18.1 Å². The maximum atomic E-state index is 12.2. The van der Waals surface area contributed by atoms with Gasteiger partial charge in [0.15, 0.2) is 5.96 Å². The number of hydrogen-bond acceptors (Lipinski definition) is 3. The molecule has 0 fully saturated rings. The summed E-state index contributed by atoms with van der Waals surface area (Å²) in [5, 5.41) is 6.63. The average molecular weight is 523 g/mol. The number of sulfonamides is 1. The highest BCUT2D eigenvalue weighted by atomic mass is 127. The predicted molar refractivity (Wildman–Crippen MR) is 121 cm³/mol. The van der Waals surface area contributed by atoms with E-state index in [0.29, 0.717) is 24.1 Å². The summed E-state index contributed by atoms with van der Waals surface area (Å²) < 4.78 is 27.0. The molecule has 0 bridgehead atoms. The Labute approximate surface area is 182 Å². The van der Waals surface area contributed by atoms with Crippen LogP contribution in [0.1, 0.15) is 12.5 Å². The molecular formula is C18H24ClIN4O2S. The maximum Gasteiger partial charge on any atom is 0.240 e. The van der Waals surface area contributed by atoms with E-state index in [2.05, 4.69) is 20.3 Å². The lowest BCUT2D eigenvalue weighted by atomic mass is 10.2. The molecule has 0 spiro atoms. The third kappa shape index (κ3) is 8.46. The number of nitrogens with one attached hydrogen (secondary N) is 3. The van der Waals surface area contributed by atoms with Crippen LogP contribution in [0, 0.1) is 0 Å². The maximum absolute atomic E-state index is 12.2. The highest BCUT2D eigenvalue weighted by Crippen LogP contribution is 2.14. The quantitative estimate of drug-likeness (QED) is 0.215. The van der Waals surface area contributed by atoms with Gasteiger partial charge in [-0.05, 0) is 30.7 Å². The van der Waals surface area contributed by atoms with Crippen molar-refractivity contribution in [2.75, 3.05) is 19.6 Å². The topological polar surface area (TPSA) is 82.6 Å². The highest BCUT2D eigenvalue weighted by Gasteiger charge is 2.13. The molecule has 0 amide bonds. The van der Waals surface area contributed by atoms with Crippen molar-refractivity contribution in [2.24, 2.45) is 4.99 Å². The summed E-state index contributed by atoms with van der Waals surface area (Å²) in [6.07, 6.45) is 0. The van der Waals surface area contributed by atoms with Crippen molar-refractivity contribution in [3.8, 4) is 0 Å². The van der Waals surface area contributed by atoms with Gasteiger partial charge in [-0.2, -0.15) is 0 Å². The normalized spacial score (nSPS) is 11.6. The predicted octanol–water partition coefficient (Wildman–Crippen LogP) is 2.99. The standard InChI is InChI=1S/C18H23ClN4O2S.HI/c1-2-20-18(22-14-15-7-4-3-5-8-15)21-11-12-23-26(24,25)17-10-6-9-16(19)13-17;/h3-10,13,23H,2,11-12,14H2,1H3,(H2,20,21,22);1H. The number of nitrogens with zero attached hydrogens (tertiary/aromatic N) is 1. The van der Waals surface area contributed by atoms with Crippen LogP contribution in [0.25, 0.3) is 0 Å². The lowest BCUT2D eigenvalue weighted by Crippen LogP contribution is -2.41. The Bertz CT molecular complexity index is 832. The number of rotatable bonds is 8. The minimum atomic E-state index is -3.58. The summed E-state index contributed by atoms with van der Waals surface area (Å²) in [6, 6.07) is 16.1. The van der Waals surface area contributed by atoms with E-state index in [1.165, 1.54) is 12.1 Å². The first kappa shape index (κ1) is 23.7. The Kier molecular flexibility index (Phi) is 10.7. The van der Waals surface area contributed by atoms with Crippen molar-refractivity contribution in [1.29, 1.82) is 0 Å². The summed E-state index contributed by atoms with van der Waals surface area (Å²) in [6.45, 7) is 3.87. The molecule has 0 aliphatic heterocycles. The van der Waals surface area contributed by atoms with Crippen molar-refractivity contribution >= 4 is 51.6 Å². The number of benzene rings is 2. The second-order valence-electron chi connectivity index (χ2n) is 5.46. The van der Waals surface area contributed by atoms with Crippen molar-refractivity contribution in [1.82, 2.24) is 15.4 Å². The van der Waals surface area contributed by atoms with Gasteiger partial charge in [0.05, 0.1) is 11.4 Å². The molecule has 0 radical (unpaired) electrons. The first-order chi connectivity index (χ1) is 12.5. The van der Waals surface area contributed by atoms with Gasteiger partial charge in [0.2, 0.25) is 10.0 Å². The zero-order valence-corrected chi connectivity index (χ0v) is 18.9. The van der Waals surface area contributed by atoms with E-state index in [1.54, 1.807) is 12.1 Å². The van der Waals surface area contributed by atoms with Gasteiger partial charge in [-0.3, -0.25) is 0 Å². The summed E-state index contributed by atoms with van der Waals surface area (Å²) in [7, 11) is -3.58. The van der Waals surface area contributed by atoms with Crippen LogP contribution < -0.4 is 15.4 Å². The van der Waals surface area contributed by atoms with Crippen LogP contribution in [0.15, 0.2) is 64.5 Å². The SMILES string of the molecule is CCNC(=NCc1ccccc1)NCCNS(=O)(=O)c1cccc(Cl)c1.I. The fourth-order valence-electron chi connectivity index (χ4n) is 2.18. The number of aliphatic imine (C=N–C) groups is 1. The first-order valence-corrected chi connectivity index (χ1v) is 10.2. The number of hydrogen-bond donors (Lipinski definition) is 3. The fraction of sp³-hybridized carbons (Fsp3) is 0.278. The molecule has 0 atom stereocenters. The van der Waals surface area contributed by atoms with Gasteiger partial charge < -0.3 is 10.6 Å². The van der Waals surface area contributed by atoms with Gasteiger partial charge >= 0.3 is 0 Å². The van der Waals surface area contributed by atoms with Crippen LogP contribution in [-0.2, 0) is 16.6 Å². The summed E-state index contributed by atoms with van der Waals surface area (Å²) >= 11 is 5.85. The zero-order valence-electron chi connectivity index (χ0n) is 15.0. The van der Waals surface area contributed by atoms with Crippen LogP contribution >= 0.6 is 35.6 Å². The van der Waals surface area contributed by atoms with Gasteiger partial charge in [0.25, 0.3) is 0 Å². The van der Waals surface area contributed by atoms with Gasteiger partial charge in [0.1, 0.15) is 0 Å². The lowest BCUT2D eigenvalue weighted by molar-refractivity contribution is 0.580. The van der Waals surface area contributed by atoms with Crippen LogP contribution in [-0.4, -0.2) is 34.0 Å². The minimum absolute atomic E-state index is 0. The molecule has 2 rings (SSSR count). The Morgan fingerprint density at radius 3 is 2.44 bits per heavy atom. The average Bonchev–Trinajstić information content (AvgIpc) is 2.64. The number of guanidine groups is 1. The highest BCUT2D eigenvalue weighted by molar-refractivity contribution is 14.0. The van der Waals surface area contributed by atoms with Crippen molar-refractivity contribution < 1.29 is 8.42 Å². The smallest absolute Gasteiger partial charge is 0.240 e. The molecule has 0 heterocycles. The molecule has 0 aliphatic rings. The van der Waals surface area contributed by atoms with Gasteiger partial charge in [-0.1, -0.05) is 48.0 Å². The van der Waals surface area contributed by atoms with Crippen LogP contribution in [0.3, 0.4) is 0 Å². The molecule has 0 saturated heterocycles. The van der Waals surface area contributed by atoms with Crippen LogP contribution in [0.4, 0.5) is 0 Å². The third-order valence-corrected chi connectivity index (χ3v) is 5.12. The van der Waals surface area contributed by atoms with Crippen LogP contribution in [0.5, 0.6) is 0 Å². The summed E-state index contributed by atoms with van der Waals surface area (Å²) in [4.78, 5) is 4.64. The molecule has 0 unspecified atom stereocenters. The minimum Gasteiger partial charge on any atom is -0.357 e. The van der Waals surface area contributed by atoms with Crippen molar-refractivity contribution in [3.63, 3.8) is 0 Å². The van der Waals surface area contributed by atoms with E-state index in [0.717, 1.165) is 12.1 Å². The van der Waals surface area contributed by atoms with E-state index in [9.17, 15) is 8.42 Å². The van der Waals surface area contributed by atoms with Crippen LogP contribution in [0.2, 0.25) is 5.02 Å². The third-order valence-electron chi connectivity index (χ3n) is 3.42. The van der Waals surface area contributed by atoms with Crippen molar-refractivity contribution in [2.45, 2.75) is 18.4 Å². The molecular weight excluding hydrogens is 499 g/mol. The molecule has 0 aromatic heterocycles. The number of halogens is 2. The molecule has 3 N–H and O–H groups in total. The van der Waals surface area contributed by atoms with E-state index in [4.69, 9.17) is 11.6 Å². The second-order valence-corrected chi connectivity index (χ2v) is 7.67. The Morgan fingerprint density at radius 2 is 1.78 bits per heavy atom. The van der Waals surface area contributed by atoms with E-state index >= 15 is 0 Å². The molecule has 2 aromatic rings. The Morgan fingerprint density at radius 1 is 1.04 bits per heavy atom. The molecule has 27 heavy (non-hydrogen) atoms. The largest absolute Gasteiger partial charge is 0.357 e. The van der Waals surface area contributed by atoms with E-state index in [1.807, 2.05) is 37.3 Å². The molecule has 0 aliphatic carbocycles. The molecule has 0 saturated carbocycles. The first-order valence-electron chi connectivity index (χ1n) is 8.32. The molecule has 148 valence electrons. The van der Waals surface area contributed by atoms with E-state index < -0.39 is 10.0 Å².